The molecule has 0 bridgehead atoms. The van der Waals surface area contributed by atoms with Crippen LogP contribution in [0.1, 0.15) is 5.56 Å². The van der Waals surface area contributed by atoms with Gasteiger partial charge in [0.25, 0.3) is 0 Å². The van der Waals surface area contributed by atoms with Crippen LogP contribution >= 0.6 is 0 Å². The normalized spacial score (nSPS) is 8.67. The first-order valence-corrected chi connectivity index (χ1v) is 3.49. The number of rotatable bonds is 4. The second kappa shape index (κ2) is 5.01. The Bertz CT molecular complexity index is 264. The van der Waals surface area contributed by atoms with E-state index in [2.05, 4.69) is 21.1 Å². The van der Waals surface area contributed by atoms with E-state index in [1.54, 1.807) is 0 Å². The monoisotopic (exact) mass is 163 g/mol. The minimum atomic E-state index is 0.625. The summed E-state index contributed by atoms with van der Waals surface area (Å²) in [5.74, 6) is 0. The van der Waals surface area contributed by atoms with Crippen molar-refractivity contribution in [3.8, 4) is 0 Å². The number of hydrogen-bond acceptors (Lipinski definition) is 2. The van der Waals surface area contributed by atoms with Gasteiger partial charge in [0, 0.05) is 0 Å². The minimum Gasteiger partial charge on any atom is -0.183 e. The number of nitrogens with zero attached hydrogens (tertiary/aromatic N) is 3. The van der Waals surface area contributed by atoms with Gasteiger partial charge in [-0.05, 0) is 10.8 Å². The van der Waals surface area contributed by atoms with Crippen LogP contribution in [-0.2, 0) is 6.54 Å². The summed E-state index contributed by atoms with van der Waals surface area (Å²) in [7, 11) is 0. The first-order valence-electron chi connectivity index (χ1n) is 3.49. The maximum absolute atomic E-state index is 7.92. The molecule has 5 nitrogen and oxygen atoms in total. The van der Waals surface area contributed by atoms with Crippen molar-refractivity contribution in [2.24, 2.45) is 5.22 Å². The van der Waals surface area contributed by atoms with E-state index in [1.807, 2.05) is 30.3 Å². The zero-order valence-corrected chi connectivity index (χ0v) is 6.44. The van der Waals surface area contributed by atoms with E-state index in [0.29, 0.717) is 6.54 Å². The first-order chi connectivity index (χ1) is 5.93. The number of azide groups is 1. The van der Waals surface area contributed by atoms with E-state index >= 15 is 0 Å². The lowest BCUT2D eigenvalue weighted by Gasteiger charge is -1.98. The molecule has 0 saturated carbocycles. The largest absolute Gasteiger partial charge is 0.183 e. The average molecular weight is 163 g/mol. The highest BCUT2D eigenvalue weighted by molar-refractivity contribution is 5.13. The summed E-state index contributed by atoms with van der Waals surface area (Å²) in [5, 5.41) is 3.11. The summed E-state index contributed by atoms with van der Waals surface area (Å²) in [6.45, 7) is 0.625. The van der Waals surface area contributed by atoms with Crippen molar-refractivity contribution >= 4 is 0 Å². The number of benzene rings is 1. The second-order valence-electron chi connectivity index (χ2n) is 2.14. The molecule has 0 aliphatic carbocycles. The zero-order valence-electron chi connectivity index (χ0n) is 6.44. The Balaban J connectivity index is 2.29. The molecule has 0 heterocycles. The lowest BCUT2D eigenvalue weighted by molar-refractivity contribution is 0.550. The van der Waals surface area contributed by atoms with Crippen molar-refractivity contribution in [3.05, 3.63) is 46.3 Å². The summed E-state index contributed by atoms with van der Waals surface area (Å²) < 4.78 is 0. The van der Waals surface area contributed by atoms with E-state index < -0.39 is 0 Å². The third-order valence-electron chi connectivity index (χ3n) is 1.31. The van der Waals surface area contributed by atoms with Crippen LogP contribution in [0, 0.1) is 0 Å². The van der Waals surface area contributed by atoms with Crippen molar-refractivity contribution < 1.29 is 0 Å². The summed E-state index contributed by atoms with van der Waals surface area (Å²) in [5.41, 5.74) is 14.1. The molecule has 0 aliphatic rings. The van der Waals surface area contributed by atoms with Crippen LogP contribution in [0.3, 0.4) is 0 Å². The molecule has 0 radical (unpaired) electrons. The number of hydrogen-bond donors (Lipinski definition) is 2. The molecule has 12 heavy (non-hydrogen) atoms. The van der Waals surface area contributed by atoms with Gasteiger partial charge >= 0.3 is 0 Å². The predicted octanol–water partition coefficient (Wildman–Crippen LogP) is 1.51. The van der Waals surface area contributed by atoms with Crippen LogP contribution < -0.4 is 11.0 Å². The Morgan fingerprint density at radius 2 is 2.08 bits per heavy atom. The van der Waals surface area contributed by atoms with Crippen LogP contribution in [0.2, 0.25) is 0 Å². The van der Waals surface area contributed by atoms with Crippen molar-refractivity contribution in [1.29, 1.82) is 0 Å². The Labute approximate surface area is 70.0 Å². The quantitative estimate of drug-likeness (QED) is 0.232. The van der Waals surface area contributed by atoms with Gasteiger partial charge in [-0.15, -0.1) is 5.53 Å². The van der Waals surface area contributed by atoms with Gasteiger partial charge in [0.05, 0.1) is 6.54 Å². The van der Waals surface area contributed by atoms with Crippen molar-refractivity contribution in [1.82, 2.24) is 11.0 Å². The molecule has 0 atom stereocenters. The van der Waals surface area contributed by atoms with E-state index in [4.69, 9.17) is 5.53 Å². The number of hydrazine groups is 1. The third-order valence-corrected chi connectivity index (χ3v) is 1.31. The SMILES string of the molecule is [N-]=[N+]=NNNCc1ccccc1. The Hall–Kier alpha value is -1.71. The van der Waals surface area contributed by atoms with Crippen LogP contribution in [0.15, 0.2) is 35.6 Å². The van der Waals surface area contributed by atoms with Crippen LogP contribution in [0.5, 0.6) is 0 Å². The minimum absolute atomic E-state index is 0.625. The zero-order chi connectivity index (χ0) is 8.65. The van der Waals surface area contributed by atoms with Crippen LogP contribution in [-0.4, -0.2) is 0 Å². The molecule has 0 saturated heterocycles. The summed E-state index contributed by atoms with van der Waals surface area (Å²) in [6, 6.07) is 9.80. The molecule has 1 aromatic rings. The van der Waals surface area contributed by atoms with Gasteiger partial charge in [-0.25, -0.2) is 0 Å². The van der Waals surface area contributed by atoms with E-state index in [9.17, 15) is 0 Å². The van der Waals surface area contributed by atoms with E-state index in [0.717, 1.165) is 5.56 Å². The fourth-order valence-electron chi connectivity index (χ4n) is 0.795. The maximum atomic E-state index is 7.92. The van der Waals surface area contributed by atoms with Gasteiger partial charge in [0.15, 0.2) is 0 Å². The van der Waals surface area contributed by atoms with Gasteiger partial charge in [-0.1, -0.05) is 30.3 Å². The third kappa shape index (κ3) is 2.92. The molecule has 0 amide bonds. The number of nitrogens with one attached hydrogen (secondary N) is 2. The highest BCUT2D eigenvalue weighted by atomic mass is 15.6. The Kier molecular flexibility index (Phi) is 3.50. The van der Waals surface area contributed by atoms with Crippen LogP contribution in [0.4, 0.5) is 0 Å². The molecular weight excluding hydrogens is 154 g/mol. The van der Waals surface area contributed by atoms with Gasteiger partial charge < -0.3 is 0 Å². The summed E-state index contributed by atoms with van der Waals surface area (Å²) >= 11 is 0. The molecule has 0 spiro atoms. The van der Waals surface area contributed by atoms with Gasteiger partial charge in [-0.3, -0.25) is 0 Å². The molecular formula is C7H9N5. The molecule has 5 heteroatoms. The lowest BCUT2D eigenvalue weighted by atomic mass is 10.2. The lowest BCUT2D eigenvalue weighted by Crippen LogP contribution is -2.25. The average Bonchev–Trinajstić information content (AvgIpc) is 2.14. The molecule has 2 N–H and O–H groups in total. The molecule has 1 aromatic carbocycles. The first kappa shape index (κ1) is 8.39. The summed E-state index contributed by atoms with van der Waals surface area (Å²) in [4.78, 5) is 2.52. The molecule has 0 aromatic heterocycles. The van der Waals surface area contributed by atoms with E-state index in [1.165, 1.54) is 0 Å². The maximum Gasteiger partial charge on any atom is 0.0596 e. The highest BCUT2D eigenvalue weighted by Crippen LogP contribution is 1.95. The topological polar surface area (TPSA) is 72.8 Å². The van der Waals surface area contributed by atoms with Crippen molar-refractivity contribution in [2.45, 2.75) is 6.54 Å². The Morgan fingerprint density at radius 1 is 1.33 bits per heavy atom. The molecule has 0 unspecified atom stereocenters. The smallest absolute Gasteiger partial charge is 0.0596 e. The Morgan fingerprint density at radius 3 is 2.75 bits per heavy atom. The predicted molar refractivity (Wildman–Crippen MR) is 45.6 cm³/mol. The van der Waals surface area contributed by atoms with E-state index in [-0.39, 0.29) is 0 Å². The van der Waals surface area contributed by atoms with Gasteiger partial charge in [0.2, 0.25) is 0 Å². The molecule has 0 aliphatic heterocycles. The molecule has 1 rings (SSSR count). The van der Waals surface area contributed by atoms with Crippen molar-refractivity contribution in [3.63, 3.8) is 0 Å². The fourth-order valence-corrected chi connectivity index (χ4v) is 0.795. The molecule has 62 valence electrons. The summed E-state index contributed by atoms with van der Waals surface area (Å²) in [6.07, 6.45) is 0. The van der Waals surface area contributed by atoms with Gasteiger partial charge in [0.1, 0.15) is 0 Å². The second-order valence-corrected chi connectivity index (χ2v) is 2.14. The standard InChI is InChI=1S/C7H9N5/c8-10-12-11-9-6-7-4-2-1-3-5-7/h1-5,9,11H,6H2. The van der Waals surface area contributed by atoms with Crippen molar-refractivity contribution in [2.75, 3.05) is 0 Å². The molecule has 0 fully saturated rings. The van der Waals surface area contributed by atoms with Gasteiger partial charge in [-0.2, -0.15) is 15.9 Å². The van der Waals surface area contributed by atoms with Crippen LogP contribution in [0.25, 0.3) is 10.4 Å². The highest BCUT2D eigenvalue weighted by Gasteiger charge is 1.88. The fraction of sp³-hybridized carbons (Fsp3) is 0.143.